The maximum Gasteiger partial charge on any atom is 0.117 e. The molecule has 0 aliphatic rings. The molecule has 0 aromatic heterocycles. The third-order valence-electron chi connectivity index (χ3n) is 4.25. The smallest absolute Gasteiger partial charge is 0.117 e. The number of benzene rings is 4. The van der Waals surface area contributed by atoms with Crippen LogP contribution in [0.25, 0.3) is 22.3 Å². The van der Waals surface area contributed by atoms with Gasteiger partial charge in [0.15, 0.2) is 0 Å². The summed E-state index contributed by atoms with van der Waals surface area (Å²) in [6.07, 6.45) is 0. The van der Waals surface area contributed by atoms with E-state index in [0.717, 1.165) is 27.3 Å². The summed E-state index contributed by atoms with van der Waals surface area (Å²) in [7, 11) is 0. The van der Waals surface area contributed by atoms with Gasteiger partial charge in [0.25, 0.3) is 0 Å². The number of phenols is 1. The molecule has 4 aromatic rings. The van der Waals surface area contributed by atoms with E-state index in [4.69, 9.17) is 23.2 Å². The van der Waals surface area contributed by atoms with E-state index in [9.17, 15) is 5.11 Å². The van der Waals surface area contributed by atoms with Gasteiger partial charge in [0.2, 0.25) is 0 Å². The van der Waals surface area contributed by atoms with Crippen molar-refractivity contribution in [2.75, 3.05) is 0 Å². The predicted molar refractivity (Wildman–Crippen MR) is 120 cm³/mol. The number of rotatable bonds is 2. The molecule has 3 heteroatoms. The lowest BCUT2D eigenvalue weighted by Gasteiger charge is -2.04. The van der Waals surface area contributed by atoms with Crippen LogP contribution < -0.4 is 0 Å². The fraction of sp³-hybridized carbons (Fsp3) is 0.0400. The Morgan fingerprint density at radius 3 is 1.50 bits per heavy atom. The third kappa shape index (κ3) is 5.16. The van der Waals surface area contributed by atoms with Crippen molar-refractivity contribution in [1.29, 1.82) is 0 Å². The van der Waals surface area contributed by atoms with Crippen LogP contribution in [0.3, 0.4) is 0 Å². The van der Waals surface area contributed by atoms with E-state index in [2.05, 4.69) is 24.3 Å². The summed E-state index contributed by atoms with van der Waals surface area (Å²) in [5, 5.41) is 10.6. The van der Waals surface area contributed by atoms with Gasteiger partial charge in [-0.25, -0.2) is 0 Å². The highest BCUT2D eigenvalue weighted by atomic mass is 35.5. The molecule has 1 N–H and O–H groups in total. The van der Waals surface area contributed by atoms with Crippen molar-refractivity contribution in [2.45, 2.75) is 6.92 Å². The molecule has 1 nitrogen and oxygen atoms in total. The van der Waals surface area contributed by atoms with Crippen molar-refractivity contribution in [1.82, 2.24) is 0 Å². The monoisotopic (exact) mass is 406 g/mol. The average Bonchev–Trinajstić information content (AvgIpc) is 2.70. The maximum atomic E-state index is 9.20. The lowest BCUT2D eigenvalue weighted by Crippen LogP contribution is -1.80. The Hall–Kier alpha value is -2.74. The number of aromatic hydroxyl groups is 1. The van der Waals surface area contributed by atoms with Crippen molar-refractivity contribution in [3.05, 3.63) is 113 Å². The molecule has 28 heavy (non-hydrogen) atoms. The van der Waals surface area contributed by atoms with E-state index in [-0.39, 0.29) is 5.75 Å². The topological polar surface area (TPSA) is 20.2 Å². The molecule has 0 saturated carbocycles. The lowest BCUT2D eigenvalue weighted by atomic mass is 10.0. The van der Waals surface area contributed by atoms with Crippen LogP contribution in [0.5, 0.6) is 5.75 Å². The van der Waals surface area contributed by atoms with Crippen LogP contribution in [0.2, 0.25) is 10.0 Å². The first-order valence-electron chi connectivity index (χ1n) is 8.90. The minimum atomic E-state index is 0.190. The van der Waals surface area contributed by atoms with E-state index in [1.165, 1.54) is 5.56 Å². The van der Waals surface area contributed by atoms with Crippen molar-refractivity contribution < 1.29 is 5.11 Å². The van der Waals surface area contributed by atoms with Crippen LogP contribution in [-0.2, 0) is 0 Å². The number of halogens is 2. The quantitative estimate of drug-likeness (QED) is 0.357. The molecule has 0 spiro atoms. The van der Waals surface area contributed by atoms with Crippen LogP contribution in [0, 0.1) is 6.92 Å². The summed E-state index contributed by atoms with van der Waals surface area (Å²) >= 11 is 12.2. The first kappa shape index (κ1) is 20.0. The van der Waals surface area contributed by atoms with Crippen LogP contribution in [0.15, 0.2) is 97.1 Å². The van der Waals surface area contributed by atoms with Gasteiger partial charge in [0, 0.05) is 16.1 Å². The Kier molecular flexibility index (Phi) is 6.76. The van der Waals surface area contributed by atoms with Crippen LogP contribution in [-0.4, -0.2) is 5.11 Å². The van der Waals surface area contributed by atoms with Gasteiger partial charge < -0.3 is 5.11 Å². The SMILES string of the molecule is Cc1ccc(-c2ccccc2)c(Cl)c1.Oc1ccc(-c2ccccc2)c(Cl)c1. The van der Waals surface area contributed by atoms with Gasteiger partial charge in [0.1, 0.15) is 5.75 Å². The van der Waals surface area contributed by atoms with Crippen LogP contribution in [0.4, 0.5) is 0 Å². The summed E-state index contributed by atoms with van der Waals surface area (Å²) in [5.41, 5.74) is 5.44. The second-order valence-electron chi connectivity index (χ2n) is 6.38. The van der Waals surface area contributed by atoms with Crippen molar-refractivity contribution >= 4 is 23.2 Å². The standard InChI is InChI=1S/C13H11Cl.C12H9ClO/c1-10-7-8-12(13(14)9-10)11-5-3-2-4-6-11;13-12-8-10(14)6-7-11(12)9-4-2-1-3-5-9/h2-9H,1H3;1-8,14H. The first-order valence-corrected chi connectivity index (χ1v) is 9.65. The molecular formula is C25H20Cl2O. The Labute approximate surface area is 175 Å². The predicted octanol–water partition coefficient (Wildman–Crippen LogP) is 8.03. The van der Waals surface area contributed by atoms with E-state index in [1.54, 1.807) is 12.1 Å². The Balaban J connectivity index is 0.000000161. The number of phenolic OH excluding ortho intramolecular Hbond substituents is 1. The summed E-state index contributed by atoms with van der Waals surface area (Å²) in [6.45, 7) is 2.04. The molecule has 0 fully saturated rings. The highest BCUT2D eigenvalue weighted by molar-refractivity contribution is 6.33. The molecular weight excluding hydrogens is 387 g/mol. The van der Waals surface area contributed by atoms with Gasteiger partial charge in [-0.1, -0.05) is 96.0 Å². The van der Waals surface area contributed by atoms with E-state index in [1.807, 2.05) is 67.6 Å². The average molecular weight is 407 g/mol. The van der Waals surface area contributed by atoms with Crippen molar-refractivity contribution in [3.63, 3.8) is 0 Å². The summed E-state index contributed by atoms with van der Waals surface area (Å²) in [6, 6.07) is 31.1. The van der Waals surface area contributed by atoms with Gasteiger partial charge in [-0.3, -0.25) is 0 Å². The molecule has 0 aliphatic carbocycles. The van der Waals surface area contributed by atoms with Gasteiger partial charge in [0.05, 0.1) is 5.02 Å². The van der Waals surface area contributed by atoms with Crippen LogP contribution >= 0.6 is 23.2 Å². The van der Waals surface area contributed by atoms with Crippen molar-refractivity contribution in [3.8, 4) is 28.0 Å². The van der Waals surface area contributed by atoms with Gasteiger partial charge in [-0.05, 0) is 47.9 Å². The Morgan fingerprint density at radius 2 is 1.04 bits per heavy atom. The second kappa shape index (κ2) is 9.45. The Morgan fingerprint density at radius 1 is 0.571 bits per heavy atom. The molecule has 140 valence electrons. The number of hydrogen-bond donors (Lipinski definition) is 1. The fourth-order valence-corrected chi connectivity index (χ4v) is 3.46. The largest absolute Gasteiger partial charge is 0.508 e. The second-order valence-corrected chi connectivity index (χ2v) is 7.19. The summed E-state index contributed by atoms with van der Waals surface area (Å²) in [4.78, 5) is 0. The van der Waals surface area contributed by atoms with Crippen LogP contribution in [0.1, 0.15) is 5.56 Å². The minimum absolute atomic E-state index is 0.190. The Bertz CT molecular complexity index is 958. The highest BCUT2D eigenvalue weighted by Gasteiger charge is 2.03. The van der Waals surface area contributed by atoms with Gasteiger partial charge >= 0.3 is 0 Å². The molecule has 0 radical (unpaired) electrons. The third-order valence-corrected chi connectivity index (χ3v) is 4.87. The zero-order valence-electron chi connectivity index (χ0n) is 15.4. The van der Waals surface area contributed by atoms with Gasteiger partial charge in [-0.2, -0.15) is 0 Å². The number of aryl methyl sites for hydroxylation is 1. The molecule has 4 aromatic carbocycles. The highest BCUT2D eigenvalue weighted by Crippen LogP contribution is 2.30. The zero-order valence-corrected chi connectivity index (χ0v) is 17.0. The molecule has 0 heterocycles. The minimum Gasteiger partial charge on any atom is -0.508 e. The summed E-state index contributed by atoms with van der Waals surface area (Å²) in [5.74, 6) is 0.190. The molecule has 0 atom stereocenters. The fourth-order valence-electron chi connectivity index (χ4n) is 2.83. The number of hydrogen-bond acceptors (Lipinski definition) is 1. The normalized spacial score (nSPS) is 10.1. The molecule has 4 rings (SSSR count). The molecule has 0 bridgehead atoms. The lowest BCUT2D eigenvalue weighted by molar-refractivity contribution is 0.475. The maximum absolute atomic E-state index is 9.20. The molecule has 0 saturated heterocycles. The van der Waals surface area contributed by atoms with E-state index >= 15 is 0 Å². The zero-order chi connectivity index (χ0) is 19.9. The van der Waals surface area contributed by atoms with Gasteiger partial charge in [-0.15, -0.1) is 0 Å². The molecule has 0 aliphatic heterocycles. The van der Waals surface area contributed by atoms with E-state index in [0.29, 0.717) is 5.02 Å². The molecule has 0 unspecified atom stereocenters. The van der Waals surface area contributed by atoms with E-state index < -0.39 is 0 Å². The molecule has 0 amide bonds. The van der Waals surface area contributed by atoms with Crippen molar-refractivity contribution in [2.24, 2.45) is 0 Å². The first-order chi connectivity index (χ1) is 13.5. The summed E-state index contributed by atoms with van der Waals surface area (Å²) < 4.78 is 0.